The first kappa shape index (κ1) is 15.6. The number of amides is 3. The summed E-state index contributed by atoms with van der Waals surface area (Å²) < 4.78 is 0. The zero-order chi connectivity index (χ0) is 16.7. The maximum Gasteiger partial charge on any atom is 0.322 e. The number of piperidine rings is 1. The van der Waals surface area contributed by atoms with Gasteiger partial charge in [-0.3, -0.25) is 15.0 Å². The molecule has 1 aromatic carbocycles. The van der Waals surface area contributed by atoms with Crippen molar-refractivity contribution in [1.82, 2.24) is 15.5 Å². The number of benzene rings is 1. The molecule has 3 amide bonds. The maximum atomic E-state index is 12.3. The van der Waals surface area contributed by atoms with Crippen LogP contribution in [0.25, 0.3) is 0 Å². The molecular weight excluding hydrogens is 302 g/mol. The van der Waals surface area contributed by atoms with E-state index in [1.807, 2.05) is 6.92 Å². The summed E-state index contributed by atoms with van der Waals surface area (Å²) in [5, 5.41) is 5.27. The fourth-order valence-corrected chi connectivity index (χ4v) is 4.71. The molecule has 24 heavy (non-hydrogen) atoms. The van der Waals surface area contributed by atoms with Crippen molar-refractivity contribution in [1.29, 1.82) is 0 Å². The first-order chi connectivity index (χ1) is 11.6. The number of rotatable bonds is 2. The number of nitrogens with one attached hydrogen (secondary N) is 2. The predicted molar refractivity (Wildman–Crippen MR) is 91.5 cm³/mol. The third-order valence-electron chi connectivity index (χ3n) is 6.12. The Kier molecular flexibility index (Phi) is 3.83. The zero-order valence-electron chi connectivity index (χ0n) is 14.2. The molecule has 2 saturated heterocycles. The van der Waals surface area contributed by atoms with Gasteiger partial charge in [0.2, 0.25) is 0 Å². The number of fused-ring (bicyclic) bond motifs is 1. The van der Waals surface area contributed by atoms with Gasteiger partial charge in [0.05, 0.1) is 0 Å². The van der Waals surface area contributed by atoms with Crippen LogP contribution in [0.2, 0.25) is 0 Å². The van der Waals surface area contributed by atoms with E-state index >= 15 is 0 Å². The standard InChI is InChI=1S/C19H25N3O2/c1-19(17(23)20-18(24)21-19)14-8-5-11-22(12-14)16-10-4-7-13-6-2-3-9-15(13)16/h2-3,6,9,14,16H,4-5,7-8,10-12H2,1H3,(H2,20,21,23,24)/t14-,16-,19+/m0/s1. The Balaban J connectivity index is 1.56. The first-order valence-electron chi connectivity index (χ1n) is 9.03. The van der Waals surface area contributed by atoms with Crippen molar-refractivity contribution in [2.75, 3.05) is 13.1 Å². The monoisotopic (exact) mass is 327 g/mol. The highest BCUT2D eigenvalue weighted by Gasteiger charge is 2.49. The third kappa shape index (κ3) is 2.51. The minimum absolute atomic E-state index is 0.159. The van der Waals surface area contributed by atoms with Crippen LogP contribution in [-0.4, -0.2) is 35.5 Å². The van der Waals surface area contributed by atoms with Gasteiger partial charge in [0.1, 0.15) is 5.54 Å². The normalized spacial score (nSPS) is 33.7. The van der Waals surface area contributed by atoms with Crippen LogP contribution in [0.3, 0.4) is 0 Å². The van der Waals surface area contributed by atoms with Gasteiger partial charge in [-0.1, -0.05) is 24.3 Å². The van der Waals surface area contributed by atoms with E-state index in [4.69, 9.17) is 0 Å². The summed E-state index contributed by atoms with van der Waals surface area (Å²) in [5.41, 5.74) is 2.15. The molecule has 1 aliphatic carbocycles. The summed E-state index contributed by atoms with van der Waals surface area (Å²) in [4.78, 5) is 26.4. The van der Waals surface area contributed by atoms with Crippen molar-refractivity contribution in [2.24, 2.45) is 5.92 Å². The highest BCUT2D eigenvalue weighted by molar-refractivity contribution is 6.07. The van der Waals surface area contributed by atoms with Gasteiger partial charge in [-0.25, -0.2) is 4.79 Å². The Morgan fingerprint density at radius 1 is 1.17 bits per heavy atom. The van der Waals surface area contributed by atoms with E-state index in [1.54, 1.807) is 0 Å². The Morgan fingerprint density at radius 3 is 2.79 bits per heavy atom. The molecule has 2 heterocycles. The van der Waals surface area contributed by atoms with Crippen LogP contribution < -0.4 is 10.6 Å². The van der Waals surface area contributed by atoms with Crippen molar-refractivity contribution in [3.05, 3.63) is 35.4 Å². The van der Waals surface area contributed by atoms with E-state index in [0.717, 1.165) is 25.9 Å². The average Bonchev–Trinajstić information content (AvgIpc) is 2.87. The lowest BCUT2D eigenvalue weighted by Gasteiger charge is -2.44. The fraction of sp³-hybridized carbons (Fsp3) is 0.579. The highest BCUT2D eigenvalue weighted by atomic mass is 16.2. The Bertz CT molecular complexity index is 674. The minimum Gasteiger partial charge on any atom is -0.323 e. The topological polar surface area (TPSA) is 61.4 Å². The Labute approximate surface area is 142 Å². The van der Waals surface area contributed by atoms with Crippen LogP contribution in [-0.2, 0) is 11.2 Å². The van der Waals surface area contributed by atoms with Gasteiger partial charge in [-0.15, -0.1) is 0 Å². The number of aryl methyl sites for hydroxylation is 1. The smallest absolute Gasteiger partial charge is 0.322 e. The molecule has 0 radical (unpaired) electrons. The molecule has 2 N–H and O–H groups in total. The summed E-state index contributed by atoms with van der Waals surface area (Å²) in [6.07, 6.45) is 5.62. The molecule has 5 nitrogen and oxygen atoms in total. The van der Waals surface area contributed by atoms with E-state index in [2.05, 4.69) is 39.8 Å². The quantitative estimate of drug-likeness (QED) is 0.820. The second-order valence-corrected chi connectivity index (χ2v) is 7.55. The average molecular weight is 327 g/mol. The largest absolute Gasteiger partial charge is 0.323 e. The van der Waals surface area contributed by atoms with Crippen molar-refractivity contribution >= 4 is 11.9 Å². The molecule has 0 saturated carbocycles. The summed E-state index contributed by atoms with van der Waals surface area (Å²) in [6, 6.07) is 8.84. The molecule has 2 aliphatic heterocycles. The maximum absolute atomic E-state index is 12.3. The van der Waals surface area contributed by atoms with Crippen LogP contribution in [0.5, 0.6) is 0 Å². The number of carbonyl (C=O) groups is 2. The zero-order valence-corrected chi connectivity index (χ0v) is 14.2. The molecule has 128 valence electrons. The highest BCUT2D eigenvalue weighted by Crippen LogP contribution is 2.38. The van der Waals surface area contributed by atoms with Crippen LogP contribution in [0.1, 0.15) is 49.8 Å². The lowest BCUT2D eigenvalue weighted by atomic mass is 9.78. The van der Waals surface area contributed by atoms with Gasteiger partial charge in [0, 0.05) is 18.5 Å². The molecule has 0 unspecified atom stereocenters. The fourth-order valence-electron chi connectivity index (χ4n) is 4.71. The molecule has 0 aromatic heterocycles. The SMILES string of the molecule is C[C@]1([C@H]2CCCN([C@H]3CCCc4ccccc43)C2)NC(=O)NC1=O. The van der Waals surface area contributed by atoms with Crippen molar-refractivity contribution in [2.45, 2.75) is 50.6 Å². The molecule has 2 fully saturated rings. The van der Waals surface area contributed by atoms with Crippen LogP contribution in [0.15, 0.2) is 24.3 Å². The predicted octanol–water partition coefficient (Wildman–Crippen LogP) is 2.37. The van der Waals surface area contributed by atoms with Gasteiger partial charge in [0.15, 0.2) is 0 Å². The Morgan fingerprint density at radius 2 is 2.00 bits per heavy atom. The van der Waals surface area contributed by atoms with Gasteiger partial charge in [0.25, 0.3) is 5.91 Å². The summed E-state index contributed by atoms with van der Waals surface area (Å²) in [5.74, 6) is -0.0183. The van der Waals surface area contributed by atoms with E-state index in [0.29, 0.717) is 6.04 Å². The molecule has 5 heteroatoms. The number of imide groups is 1. The number of hydrogen-bond acceptors (Lipinski definition) is 3. The third-order valence-corrected chi connectivity index (χ3v) is 6.12. The number of hydrogen-bond donors (Lipinski definition) is 2. The molecule has 0 spiro atoms. The van der Waals surface area contributed by atoms with E-state index < -0.39 is 5.54 Å². The molecule has 3 atom stereocenters. The number of carbonyl (C=O) groups excluding carboxylic acids is 2. The first-order valence-corrected chi connectivity index (χ1v) is 9.03. The van der Waals surface area contributed by atoms with Gasteiger partial charge < -0.3 is 5.32 Å². The summed E-state index contributed by atoms with van der Waals surface area (Å²) in [7, 11) is 0. The lowest BCUT2D eigenvalue weighted by Crippen LogP contribution is -2.56. The van der Waals surface area contributed by atoms with Crippen molar-refractivity contribution < 1.29 is 9.59 Å². The molecule has 4 rings (SSSR count). The van der Waals surface area contributed by atoms with Crippen LogP contribution in [0, 0.1) is 5.92 Å². The second kappa shape index (κ2) is 5.88. The summed E-state index contributed by atoms with van der Waals surface area (Å²) in [6.45, 7) is 3.81. The second-order valence-electron chi connectivity index (χ2n) is 7.55. The molecule has 1 aromatic rings. The minimum atomic E-state index is -0.774. The van der Waals surface area contributed by atoms with Gasteiger partial charge in [-0.05, 0) is 56.7 Å². The van der Waals surface area contributed by atoms with Crippen LogP contribution in [0.4, 0.5) is 4.79 Å². The van der Waals surface area contributed by atoms with Crippen LogP contribution >= 0.6 is 0 Å². The number of likely N-dealkylation sites (tertiary alicyclic amines) is 1. The Hall–Kier alpha value is -1.88. The van der Waals surface area contributed by atoms with E-state index in [1.165, 1.54) is 30.4 Å². The molecular formula is C19H25N3O2. The molecule has 0 bridgehead atoms. The number of nitrogens with zero attached hydrogens (tertiary/aromatic N) is 1. The van der Waals surface area contributed by atoms with Crippen molar-refractivity contribution in [3.63, 3.8) is 0 Å². The van der Waals surface area contributed by atoms with Gasteiger partial charge in [-0.2, -0.15) is 0 Å². The lowest BCUT2D eigenvalue weighted by molar-refractivity contribution is -0.126. The summed E-state index contributed by atoms with van der Waals surface area (Å²) >= 11 is 0. The van der Waals surface area contributed by atoms with Gasteiger partial charge >= 0.3 is 6.03 Å². The van der Waals surface area contributed by atoms with E-state index in [9.17, 15) is 9.59 Å². The van der Waals surface area contributed by atoms with E-state index in [-0.39, 0.29) is 17.9 Å². The number of urea groups is 1. The molecule has 3 aliphatic rings. The van der Waals surface area contributed by atoms with Crippen molar-refractivity contribution in [3.8, 4) is 0 Å².